The number of carboxylic acid groups (broad SMARTS) is 2. The smallest absolute Gasteiger partial charge is 0.550 e. The van der Waals surface area contributed by atoms with Crippen LogP contribution >= 0.6 is 0 Å². The Morgan fingerprint density at radius 1 is 1.09 bits per heavy atom. The van der Waals surface area contributed by atoms with Gasteiger partial charge >= 0.3 is 59.1 Å². The fraction of sp³-hybridized carbons (Fsp3) is 0.833. The summed E-state index contributed by atoms with van der Waals surface area (Å²) >= 11 is 0. The van der Waals surface area contributed by atoms with E-state index in [0.29, 0.717) is 19.3 Å². The molecule has 0 saturated carbocycles. The Morgan fingerprint density at radius 2 is 1.55 bits per heavy atom. The van der Waals surface area contributed by atoms with Gasteiger partial charge in [0.1, 0.15) is 4.75 Å². The molecule has 0 amide bonds. The second kappa shape index (κ2) is 12.2. The average Bonchev–Trinajstić information content (AvgIpc) is 2.30. The van der Waals surface area contributed by atoms with Crippen LogP contribution in [0.2, 0.25) is 0 Å². The van der Waals surface area contributed by atoms with Crippen LogP contribution in [-0.4, -0.2) is 29.7 Å². The van der Waals surface area contributed by atoms with Crippen LogP contribution in [0.15, 0.2) is 0 Å². The third-order valence-electron chi connectivity index (χ3n) is 3.40. The van der Waals surface area contributed by atoms with Crippen molar-refractivity contribution in [1.82, 2.24) is 0 Å². The summed E-state index contributed by atoms with van der Waals surface area (Å²) in [7, 11) is -5.16. The molecule has 0 aromatic carbocycles. The molecule has 7 nitrogen and oxygen atoms in total. The SMILES string of the molecule is CCCCC(C(=O)[O-])C(CCCC)(C(=O)[O-])S(=O)(=O)O.[Na+].[Na+]. The van der Waals surface area contributed by atoms with E-state index in [1.165, 1.54) is 0 Å². The molecule has 0 aliphatic rings. The van der Waals surface area contributed by atoms with Gasteiger partial charge in [0, 0.05) is 11.9 Å². The summed E-state index contributed by atoms with van der Waals surface area (Å²) in [5.74, 6) is -5.75. The van der Waals surface area contributed by atoms with E-state index in [-0.39, 0.29) is 72.0 Å². The Hall–Kier alpha value is 0.850. The minimum atomic E-state index is -5.16. The van der Waals surface area contributed by atoms with Gasteiger partial charge in [0.15, 0.2) is 0 Å². The third kappa shape index (κ3) is 6.76. The summed E-state index contributed by atoms with van der Waals surface area (Å²) in [4.78, 5) is 22.5. The Kier molecular flexibility index (Phi) is 15.4. The fourth-order valence-electron chi connectivity index (χ4n) is 2.22. The molecular weight excluding hydrogens is 334 g/mol. The first-order valence-electron chi connectivity index (χ1n) is 6.54. The van der Waals surface area contributed by atoms with E-state index in [9.17, 15) is 32.8 Å². The molecule has 0 aromatic rings. The predicted molar refractivity (Wildman–Crippen MR) is 66.8 cm³/mol. The van der Waals surface area contributed by atoms with E-state index in [1.54, 1.807) is 13.8 Å². The molecule has 0 saturated heterocycles. The second-order valence-electron chi connectivity index (χ2n) is 4.77. The van der Waals surface area contributed by atoms with Crippen molar-refractivity contribution in [3.8, 4) is 0 Å². The molecule has 0 spiro atoms. The van der Waals surface area contributed by atoms with Gasteiger partial charge in [-0.1, -0.05) is 39.5 Å². The molecule has 118 valence electrons. The summed E-state index contributed by atoms with van der Waals surface area (Å²) in [6.45, 7) is 3.43. The maximum atomic E-state index is 11.6. The minimum Gasteiger partial charge on any atom is -0.550 e. The number of carbonyl (C=O) groups excluding carboxylic acids is 2. The molecule has 0 aliphatic carbocycles. The van der Waals surface area contributed by atoms with E-state index in [0.717, 1.165) is 0 Å². The van der Waals surface area contributed by atoms with E-state index in [2.05, 4.69) is 0 Å². The second-order valence-corrected chi connectivity index (χ2v) is 6.45. The molecule has 1 N–H and O–H groups in total. The first-order valence-corrected chi connectivity index (χ1v) is 7.98. The maximum Gasteiger partial charge on any atom is 1.00 e. The molecule has 0 heterocycles. The largest absolute Gasteiger partial charge is 1.00 e. The van der Waals surface area contributed by atoms with E-state index in [1.807, 2.05) is 0 Å². The van der Waals surface area contributed by atoms with E-state index in [4.69, 9.17) is 0 Å². The van der Waals surface area contributed by atoms with Crippen LogP contribution < -0.4 is 69.3 Å². The topological polar surface area (TPSA) is 135 Å². The zero-order valence-electron chi connectivity index (χ0n) is 13.6. The van der Waals surface area contributed by atoms with Crippen molar-refractivity contribution >= 4 is 22.1 Å². The van der Waals surface area contributed by atoms with Crippen LogP contribution in [0.3, 0.4) is 0 Å². The Labute approximate surface area is 175 Å². The summed E-state index contributed by atoms with van der Waals surface area (Å²) in [6, 6.07) is 0. The first-order chi connectivity index (χ1) is 9.15. The molecule has 0 bridgehead atoms. The average molecular weight is 354 g/mol. The van der Waals surface area contributed by atoms with Gasteiger partial charge < -0.3 is 19.8 Å². The van der Waals surface area contributed by atoms with Crippen LogP contribution in [0.25, 0.3) is 0 Å². The molecule has 0 rings (SSSR count). The molecule has 0 fully saturated rings. The number of carboxylic acids is 2. The van der Waals surface area contributed by atoms with E-state index < -0.39 is 39.1 Å². The number of hydrogen-bond donors (Lipinski definition) is 1. The van der Waals surface area contributed by atoms with Crippen molar-refractivity contribution in [3.63, 3.8) is 0 Å². The van der Waals surface area contributed by atoms with Crippen molar-refractivity contribution in [2.45, 2.75) is 57.1 Å². The van der Waals surface area contributed by atoms with Gasteiger partial charge in [-0.05, 0) is 12.8 Å². The first kappa shape index (κ1) is 27.7. The number of carbonyl (C=O) groups is 2. The maximum absolute atomic E-state index is 11.6. The van der Waals surface area contributed by atoms with Gasteiger partial charge in [-0.3, -0.25) is 4.55 Å². The molecular formula is C12H20Na2O7S. The van der Waals surface area contributed by atoms with Crippen molar-refractivity contribution in [2.24, 2.45) is 5.92 Å². The quantitative estimate of drug-likeness (QED) is 0.304. The van der Waals surface area contributed by atoms with Crippen LogP contribution in [0, 0.1) is 5.92 Å². The standard InChI is InChI=1S/C12H22O7S.2Na/c1-3-5-7-9(10(13)14)12(11(15)16,8-6-4-2)20(17,18)19;;/h9H,3-8H2,1-2H3,(H,13,14)(H,15,16)(H,17,18,19);;/q;2*+1/p-2. The van der Waals surface area contributed by atoms with Gasteiger partial charge in [0.05, 0.1) is 5.97 Å². The zero-order chi connectivity index (χ0) is 16.0. The van der Waals surface area contributed by atoms with Crippen molar-refractivity contribution < 1.29 is 91.9 Å². The van der Waals surface area contributed by atoms with Crippen molar-refractivity contribution in [3.05, 3.63) is 0 Å². The van der Waals surface area contributed by atoms with E-state index >= 15 is 0 Å². The van der Waals surface area contributed by atoms with Gasteiger partial charge in [0.25, 0.3) is 10.1 Å². The van der Waals surface area contributed by atoms with Crippen LogP contribution in [0.5, 0.6) is 0 Å². The number of rotatable bonds is 10. The van der Waals surface area contributed by atoms with Crippen LogP contribution in [0.4, 0.5) is 0 Å². The molecule has 22 heavy (non-hydrogen) atoms. The summed E-state index contributed by atoms with van der Waals surface area (Å²) in [5.41, 5.74) is 0. The Bertz CT molecular complexity index is 452. The number of aliphatic carboxylic acids is 2. The number of hydrogen-bond acceptors (Lipinski definition) is 6. The van der Waals surface area contributed by atoms with Gasteiger partial charge in [0.2, 0.25) is 0 Å². The summed E-state index contributed by atoms with van der Waals surface area (Å²) in [5, 5.41) is 22.5. The Balaban J connectivity index is -0.00000180. The molecule has 0 radical (unpaired) electrons. The van der Waals surface area contributed by atoms with Crippen LogP contribution in [0.1, 0.15) is 52.4 Å². The summed E-state index contributed by atoms with van der Waals surface area (Å²) in [6.07, 6.45) is 0.687. The van der Waals surface area contributed by atoms with Crippen molar-refractivity contribution in [1.29, 1.82) is 0 Å². The molecule has 0 aromatic heterocycles. The molecule has 2 atom stereocenters. The van der Waals surface area contributed by atoms with Gasteiger partial charge in [-0.25, -0.2) is 0 Å². The fourth-order valence-corrected chi connectivity index (χ4v) is 3.41. The molecule has 10 heteroatoms. The van der Waals surface area contributed by atoms with Gasteiger partial charge in [-0.15, -0.1) is 0 Å². The normalized spacial score (nSPS) is 14.9. The number of unbranched alkanes of at least 4 members (excludes halogenated alkanes) is 2. The van der Waals surface area contributed by atoms with Crippen LogP contribution in [-0.2, 0) is 19.7 Å². The summed E-state index contributed by atoms with van der Waals surface area (Å²) < 4.78 is 29.6. The van der Waals surface area contributed by atoms with Crippen molar-refractivity contribution in [2.75, 3.05) is 0 Å². The molecule has 0 aliphatic heterocycles. The minimum absolute atomic E-state index is 0. The Morgan fingerprint density at radius 3 is 1.82 bits per heavy atom. The third-order valence-corrected chi connectivity index (χ3v) is 4.98. The van der Waals surface area contributed by atoms with Gasteiger partial charge in [-0.2, -0.15) is 8.42 Å². The predicted octanol–water partition coefficient (Wildman–Crippen LogP) is -6.88. The monoisotopic (exact) mass is 354 g/mol. The molecule has 2 unspecified atom stereocenters. The zero-order valence-corrected chi connectivity index (χ0v) is 18.4.